The Balaban J connectivity index is 1.59. The van der Waals surface area contributed by atoms with Crippen molar-refractivity contribution >= 4 is 40.4 Å². The number of amides is 1. The highest BCUT2D eigenvalue weighted by atomic mass is 35.5. The van der Waals surface area contributed by atoms with Gasteiger partial charge in [0.2, 0.25) is 0 Å². The summed E-state index contributed by atoms with van der Waals surface area (Å²) >= 11 is 3.65. The molecular weight excluding hydrogens is 514 g/mol. The van der Waals surface area contributed by atoms with E-state index in [0.717, 1.165) is 11.1 Å². The first-order chi connectivity index (χ1) is 17.8. The lowest BCUT2D eigenvalue weighted by Crippen LogP contribution is -2.33. The molecule has 0 saturated heterocycles. The number of aryl methyl sites for hydroxylation is 1. The van der Waals surface area contributed by atoms with Crippen molar-refractivity contribution in [2.75, 3.05) is 10.9 Å². The fourth-order valence-corrected chi connectivity index (χ4v) is 4.65. The van der Waals surface area contributed by atoms with E-state index in [0.29, 0.717) is 27.3 Å². The summed E-state index contributed by atoms with van der Waals surface area (Å²) in [4.78, 5) is 29.3. The van der Waals surface area contributed by atoms with E-state index in [-0.39, 0.29) is 23.6 Å². The summed E-state index contributed by atoms with van der Waals surface area (Å²) in [5.74, 6) is -0.942. The smallest absolute Gasteiger partial charge is 0.338 e. The largest absolute Gasteiger partial charge is 0.755 e. The van der Waals surface area contributed by atoms with Crippen molar-refractivity contribution in [2.24, 2.45) is 0 Å². The molecule has 0 spiro atoms. The quantitative estimate of drug-likeness (QED) is 0.231. The van der Waals surface area contributed by atoms with E-state index >= 15 is 0 Å². The molecule has 0 saturated carbocycles. The Bertz CT molecular complexity index is 1450. The minimum atomic E-state index is -2.93. The van der Waals surface area contributed by atoms with Gasteiger partial charge in [-0.15, -0.1) is 0 Å². The molecule has 0 aliphatic carbocycles. The van der Waals surface area contributed by atoms with Crippen LogP contribution in [0.2, 0.25) is 5.02 Å². The van der Waals surface area contributed by atoms with Crippen molar-refractivity contribution in [1.82, 2.24) is 9.55 Å². The lowest BCUT2D eigenvalue weighted by molar-refractivity contribution is 0.0526. The Morgan fingerprint density at radius 1 is 1.05 bits per heavy atom. The lowest BCUT2D eigenvalue weighted by atomic mass is 10.0. The van der Waals surface area contributed by atoms with Gasteiger partial charge in [-0.05, 0) is 67.8 Å². The molecule has 37 heavy (non-hydrogen) atoms. The molecule has 1 aromatic heterocycles. The number of hydrogen-bond donors (Lipinski definition) is 0. The average Bonchev–Trinajstić information content (AvgIpc) is 3.26. The summed E-state index contributed by atoms with van der Waals surface area (Å²) in [6.07, 6.45) is 2.16. The molecular formula is C27H23ClN3O5S-. The summed E-state index contributed by atoms with van der Waals surface area (Å²) in [6.45, 7) is 3.58. The molecule has 1 unspecified atom stereocenters. The predicted octanol–water partition coefficient (Wildman–Crippen LogP) is 5.04. The first kappa shape index (κ1) is 26.3. The van der Waals surface area contributed by atoms with Gasteiger partial charge in [-0.1, -0.05) is 48.0 Å². The fourth-order valence-electron chi connectivity index (χ4n) is 3.83. The van der Waals surface area contributed by atoms with Crippen molar-refractivity contribution in [3.8, 4) is 5.69 Å². The molecule has 190 valence electrons. The van der Waals surface area contributed by atoms with Crippen molar-refractivity contribution in [1.29, 1.82) is 0 Å². The van der Waals surface area contributed by atoms with Crippen molar-refractivity contribution < 1.29 is 23.1 Å². The van der Waals surface area contributed by atoms with Gasteiger partial charge < -0.3 is 13.9 Å². The molecule has 0 radical (unpaired) electrons. The van der Waals surface area contributed by atoms with Crippen LogP contribution in [0.4, 0.5) is 5.69 Å². The van der Waals surface area contributed by atoms with Crippen LogP contribution in [0, 0.1) is 6.92 Å². The summed E-state index contributed by atoms with van der Waals surface area (Å²) in [6, 6.07) is 21.1. The first-order valence-corrected chi connectivity index (χ1v) is 12.8. The number of carbonyl (C=O) groups excluding carboxylic acids is 2. The highest BCUT2D eigenvalue weighted by Crippen LogP contribution is 2.26. The van der Waals surface area contributed by atoms with E-state index in [1.807, 2.05) is 48.5 Å². The minimum Gasteiger partial charge on any atom is -0.755 e. The number of halogens is 1. The second-order valence-corrected chi connectivity index (χ2v) is 9.28. The van der Waals surface area contributed by atoms with Crippen LogP contribution in [0.5, 0.6) is 0 Å². The van der Waals surface area contributed by atoms with Crippen LogP contribution in [0.15, 0.2) is 79.0 Å². The van der Waals surface area contributed by atoms with Crippen LogP contribution in [-0.2, 0) is 22.4 Å². The average molecular weight is 537 g/mol. The third-order valence-corrected chi connectivity index (χ3v) is 6.55. The number of imidazole rings is 1. The summed E-state index contributed by atoms with van der Waals surface area (Å²) in [5, 5.41) is 0.465. The molecule has 0 aliphatic heterocycles. The Labute approximate surface area is 221 Å². The topological polar surface area (TPSA) is 105 Å². The van der Waals surface area contributed by atoms with Gasteiger partial charge in [0.1, 0.15) is 11.5 Å². The number of aromatic nitrogens is 2. The zero-order valence-corrected chi connectivity index (χ0v) is 21.7. The second kappa shape index (κ2) is 11.5. The highest BCUT2D eigenvalue weighted by Gasteiger charge is 2.23. The molecule has 1 amide bonds. The third-order valence-electron chi connectivity index (χ3n) is 5.57. The van der Waals surface area contributed by atoms with Crippen LogP contribution < -0.4 is 4.31 Å². The molecule has 0 bridgehead atoms. The maximum atomic E-state index is 13.2. The summed E-state index contributed by atoms with van der Waals surface area (Å²) < 4.78 is 31.1. The number of nitrogens with zero attached hydrogens (tertiary/aromatic N) is 3. The van der Waals surface area contributed by atoms with Crippen molar-refractivity contribution in [3.05, 3.63) is 112 Å². The van der Waals surface area contributed by atoms with Gasteiger partial charge in [0.05, 0.1) is 39.8 Å². The molecule has 0 N–H and O–H groups in total. The maximum absolute atomic E-state index is 13.2. The van der Waals surface area contributed by atoms with E-state index < -0.39 is 23.1 Å². The zero-order chi connectivity index (χ0) is 26.5. The normalized spacial score (nSPS) is 11.7. The molecule has 4 aromatic rings. The first-order valence-electron chi connectivity index (χ1n) is 11.4. The zero-order valence-electron chi connectivity index (χ0n) is 20.1. The lowest BCUT2D eigenvalue weighted by Gasteiger charge is -2.23. The van der Waals surface area contributed by atoms with Gasteiger partial charge in [0.15, 0.2) is 0 Å². The molecule has 4 rings (SSSR count). The van der Waals surface area contributed by atoms with Gasteiger partial charge in [0, 0.05) is 6.20 Å². The third kappa shape index (κ3) is 5.96. The maximum Gasteiger partial charge on any atom is 0.338 e. The van der Waals surface area contributed by atoms with Gasteiger partial charge in [-0.25, -0.2) is 14.1 Å². The van der Waals surface area contributed by atoms with E-state index in [2.05, 4.69) is 4.98 Å². The van der Waals surface area contributed by atoms with E-state index in [4.69, 9.17) is 16.3 Å². The number of hydrogen-bond acceptors (Lipinski definition) is 6. The minimum absolute atomic E-state index is 0.0573. The van der Waals surface area contributed by atoms with E-state index in [1.165, 1.54) is 30.5 Å². The molecule has 10 heteroatoms. The molecule has 0 aliphatic rings. The Kier molecular flexibility index (Phi) is 8.17. The van der Waals surface area contributed by atoms with Crippen LogP contribution >= 0.6 is 11.6 Å². The monoisotopic (exact) mass is 536 g/mol. The predicted molar refractivity (Wildman–Crippen MR) is 141 cm³/mol. The van der Waals surface area contributed by atoms with E-state index in [1.54, 1.807) is 18.4 Å². The van der Waals surface area contributed by atoms with Crippen LogP contribution in [-0.4, -0.2) is 36.8 Å². The highest BCUT2D eigenvalue weighted by molar-refractivity contribution is 7.81. The Morgan fingerprint density at radius 2 is 1.76 bits per heavy atom. The van der Waals surface area contributed by atoms with Gasteiger partial charge in [-0.2, -0.15) is 0 Å². The van der Waals surface area contributed by atoms with Gasteiger partial charge in [0.25, 0.3) is 5.91 Å². The van der Waals surface area contributed by atoms with Crippen LogP contribution in [0.1, 0.15) is 44.7 Å². The number of ether oxygens (including phenoxy) is 1. The fraction of sp³-hybridized carbons (Fsp3) is 0.148. The number of benzene rings is 3. The Morgan fingerprint density at radius 3 is 2.38 bits per heavy atom. The summed E-state index contributed by atoms with van der Waals surface area (Å²) in [5.41, 5.74) is 2.99. The van der Waals surface area contributed by atoms with Crippen LogP contribution in [0.25, 0.3) is 5.69 Å². The Hall–Kier alpha value is -3.79. The number of anilines is 1. The SMILES string of the molecule is CCOC(=O)c1ccc(N(C(=O)c2cn(-c3ccc(Cc4ccccc4)cc3Cl)c(C)n2)S(=O)[O-])cc1. The van der Waals surface area contributed by atoms with Gasteiger partial charge in [-0.3, -0.25) is 9.00 Å². The standard InChI is InChI=1S/C27H24ClN3O5S/c1-3-36-27(33)21-10-12-22(13-11-21)31(37(34)35)26(32)24-17-30(18(2)29-24)25-14-9-20(16-23(25)28)15-19-7-5-4-6-8-19/h4-14,16-17H,3,15H2,1-2H3,(H,34,35)/p-1. The van der Waals surface area contributed by atoms with E-state index in [9.17, 15) is 18.4 Å². The molecule has 8 nitrogen and oxygen atoms in total. The van der Waals surface area contributed by atoms with Crippen molar-refractivity contribution in [3.63, 3.8) is 0 Å². The van der Waals surface area contributed by atoms with Crippen LogP contribution in [0.3, 0.4) is 0 Å². The number of carbonyl (C=O) groups is 2. The summed E-state index contributed by atoms with van der Waals surface area (Å²) in [7, 11) is 0. The molecule has 1 heterocycles. The molecule has 0 fully saturated rings. The molecule has 1 atom stereocenters. The van der Waals surface area contributed by atoms with Crippen molar-refractivity contribution in [2.45, 2.75) is 20.3 Å². The number of esters is 1. The molecule has 3 aromatic carbocycles. The number of rotatable bonds is 8. The second-order valence-electron chi connectivity index (χ2n) is 8.08. The van der Waals surface area contributed by atoms with Gasteiger partial charge >= 0.3 is 5.97 Å².